The predicted molar refractivity (Wildman–Crippen MR) is 105 cm³/mol. The van der Waals surface area contributed by atoms with Gasteiger partial charge < -0.3 is 0 Å². The molecule has 26 heavy (non-hydrogen) atoms. The Labute approximate surface area is 153 Å². The zero-order valence-corrected chi connectivity index (χ0v) is 14.5. The summed E-state index contributed by atoms with van der Waals surface area (Å²) in [4.78, 5) is 26.1. The summed E-state index contributed by atoms with van der Waals surface area (Å²) < 4.78 is 0. The van der Waals surface area contributed by atoms with Gasteiger partial charge in [-0.2, -0.15) is 0 Å². The minimum absolute atomic E-state index is 0.170. The van der Waals surface area contributed by atoms with Crippen molar-refractivity contribution in [3.8, 4) is 0 Å². The van der Waals surface area contributed by atoms with Crippen molar-refractivity contribution in [2.75, 3.05) is 0 Å². The molecule has 2 heteroatoms. The monoisotopic (exact) mass is 340 g/mol. The highest BCUT2D eigenvalue weighted by Gasteiger charge is 2.29. The van der Waals surface area contributed by atoms with Crippen LogP contribution in [-0.4, -0.2) is 11.6 Å². The molecule has 0 saturated heterocycles. The van der Waals surface area contributed by atoms with Crippen molar-refractivity contribution in [1.82, 2.24) is 0 Å². The molecule has 0 heterocycles. The van der Waals surface area contributed by atoms with Crippen LogP contribution in [0.4, 0.5) is 0 Å². The van der Waals surface area contributed by atoms with Crippen molar-refractivity contribution in [3.63, 3.8) is 0 Å². The molecule has 0 aromatic heterocycles. The molecule has 0 amide bonds. The van der Waals surface area contributed by atoms with E-state index in [0.29, 0.717) is 17.5 Å². The van der Waals surface area contributed by atoms with E-state index in [1.165, 1.54) is 0 Å². The summed E-state index contributed by atoms with van der Waals surface area (Å²) in [6.07, 6.45) is 0.297. The lowest BCUT2D eigenvalue weighted by Crippen LogP contribution is -2.25. The molecule has 2 nitrogen and oxygen atoms in total. The quantitative estimate of drug-likeness (QED) is 0.422. The Morgan fingerprint density at radius 1 is 0.615 bits per heavy atom. The van der Waals surface area contributed by atoms with Crippen molar-refractivity contribution < 1.29 is 9.59 Å². The fourth-order valence-corrected chi connectivity index (χ4v) is 2.95. The molecule has 0 fully saturated rings. The highest BCUT2D eigenvalue weighted by Crippen LogP contribution is 2.26. The third-order valence-electron chi connectivity index (χ3n) is 4.38. The maximum Gasteiger partial charge on any atom is 0.174 e. The lowest BCUT2D eigenvalue weighted by molar-refractivity contribution is 0.0810. The summed E-state index contributed by atoms with van der Waals surface area (Å²) in [7, 11) is 0. The van der Waals surface area contributed by atoms with Crippen LogP contribution in [0.5, 0.6) is 0 Å². The van der Waals surface area contributed by atoms with Crippen LogP contribution in [0.15, 0.2) is 97.6 Å². The van der Waals surface area contributed by atoms with Crippen LogP contribution in [0.25, 0.3) is 5.57 Å². The number of rotatable bonds is 7. The third kappa shape index (κ3) is 4.04. The van der Waals surface area contributed by atoms with E-state index in [4.69, 9.17) is 0 Å². The fourth-order valence-electron chi connectivity index (χ4n) is 2.95. The molecule has 3 aromatic carbocycles. The zero-order chi connectivity index (χ0) is 18.4. The van der Waals surface area contributed by atoms with Gasteiger partial charge in [-0.15, -0.1) is 0 Å². The summed E-state index contributed by atoms with van der Waals surface area (Å²) in [5, 5.41) is 0. The van der Waals surface area contributed by atoms with Gasteiger partial charge in [0.15, 0.2) is 11.6 Å². The summed E-state index contributed by atoms with van der Waals surface area (Å²) in [5.41, 5.74) is 2.81. The van der Waals surface area contributed by atoms with E-state index in [-0.39, 0.29) is 11.6 Å². The van der Waals surface area contributed by atoms with Crippen molar-refractivity contribution in [2.24, 2.45) is 5.92 Å². The molecule has 0 saturated carbocycles. The molecule has 0 aliphatic carbocycles. The number of ketones is 2. The SMILES string of the molecule is C=C(CC(C(=O)c1ccccc1)C(=O)c1ccccc1)c1ccccc1. The Hall–Kier alpha value is -3.26. The van der Waals surface area contributed by atoms with Gasteiger partial charge in [0, 0.05) is 11.1 Å². The Balaban J connectivity index is 1.92. The average molecular weight is 340 g/mol. The van der Waals surface area contributed by atoms with Gasteiger partial charge in [-0.25, -0.2) is 0 Å². The van der Waals surface area contributed by atoms with E-state index in [9.17, 15) is 9.59 Å². The first-order chi connectivity index (χ1) is 12.7. The molecular formula is C24H20O2. The molecule has 0 aliphatic rings. The molecule has 0 bridgehead atoms. The standard InChI is InChI=1S/C24H20O2/c1-18(19-11-5-2-6-12-19)17-22(23(25)20-13-7-3-8-14-20)24(26)21-15-9-4-10-16-21/h2-16,22H,1,17H2. The number of Topliss-reactive ketones (excluding diaryl/α,β-unsaturated/α-hetero) is 2. The average Bonchev–Trinajstić information content (AvgIpc) is 2.73. The first-order valence-corrected chi connectivity index (χ1v) is 8.58. The maximum absolute atomic E-state index is 13.1. The van der Waals surface area contributed by atoms with Crippen LogP contribution in [0, 0.1) is 5.92 Å². The first kappa shape index (κ1) is 17.6. The summed E-state index contributed by atoms with van der Waals surface area (Å²) in [6.45, 7) is 4.11. The number of hydrogen-bond acceptors (Lipinski definition) is 2. The number of benzene rings is 3. The first-order valence-electron chi connectivity index (χ1n) is 8.58. The minimum Gasteiger partial charge on any atom is -0.293 e. The van der Waals surface area contributed by atoms with Crippen molar-refractivity contribution in [3.05, 3.63) is 114 Å². The van der Waals surface area contributed by atoms with Crippen LogP contribution in [-0.2, 0) is 0 Å². The van der Waals surface area contributed by atoms with E-state index in [1.54, 1.807) is 24.3 Å². The molecule has 0 unspecified atom stereocenters. The second-order valence-corrected chi connectivity index (χ2v) is 6.19. The highest BCUT2D eigenvalue weighted by molar-refractivity contribution is 6.16. The van der Waals surface area contributed by atoms with Gasteiger partial charge in [0.25, 0.3) is 0 Å². The van der Waals surface area contributed by atoms with Crippen LogP contribution >= 0.6 is 0 Å². The molecule has 3 rings (SSSR count). The Morgan fingerprint density at radius 2 is 0.962 bits per heavy atom. The zero-order valence-electron chi connectivity index (χ0n) is 14.5. The van der Waals surface area contributed by atoms with Crippen LogP contribution in [0.3, 0.4) is 0 Å². The molecule has 0 aliphatic heterocycles. The van der Waals surface area contributed by atoms with Gasteiger partial charge in [-0.3, -0.25) is 9.59 Å². The number of carbonyl (C=O) groups excluding carboxylic acids is 2. The maximum atomic E-state index is 13.1. The third-order valence-corrected chi connectivity index (χ3v) is 4.38. The summed E-state index contributed by atoms with van der Waals surface area (Å²) in [6, 6.07) is 27.6. The van der Waals surface area contributed by atoms with Crippen LogP contribution < -0.4 is 0 Å². The number of allylic oxidation sites excluding steroid dienone is 1. The van der Waals surface area contributed by atoms with Gasteiger partial charge in [-0.05, 0) is 17.6 Å². The van der Waals surface area contributed by atoms with Gasteiger partial charge >= 0.3 is 0 Å². The Morgan fingerprint density at radius 3 is 1.35 bits per heavy atom. The van der Waals surface area contributed by atoms with E-state index < -0.39 is 5.92 Å². The molecule has 0 radical (unpaired) electrons. The van der Waals surface area contributed by atoms with Crippen molar-refractivity contribution in [1.29, 1.82) is 0 Å². The minimum atomic E-state index is -0.785. The smallest absolute Gasteiger partial charge is 0.174 e. The van der Waals surface area contributed by atoms with Crippen molar-refractivity contribution >= 4 is 17.1 Å². The molecule has 0 spiro atoms. The molecule has 3 aromatic rings. The topological polar surface area (TPSA) is 34.1 Å². The van der Waals surface area contributed by atoms with Gasteiger partial charge in [0.1, 0.15) is 0 Å². The molecule has 0 N–H and O–H groups in total. The molecule has 0 atom stereocenters. The van der Waals surface area contributed by atoms with E-state index in [1.807, 2.05) is 66.7 Å². The van der Waals surface area contributed by atoms with E-state index >= 15 is 0 Å². The van der Waals surface area contributed by atoms with Crippen LogP contribution in [0.1, 0.15) is 32.7 Å². The van der Waals surface area contributed by atoms with Gasteiger partial charge in [-0.1, -0.05) is 97.6 Å². The summed E-state index contributed by atoms with van der Waals surface area (Å²) >= 11 is 0. The largest absolute Gasteiger partial charge is 0.293 e. The van der Waals surface area contributed by atoms with Gasteiger partial charge in [0.2, 0.25) is 0 Å². The normalized spacial score (nSPS) is 10.5. The number of carbonyl (C=O) groups is 2. The molecular weight excluding hydrogens is 320 g/mol. The predicted octanol–water partition coefficient (Wildman–Crippen LogP) is 5.47. The molecule has 128 valence electrons. The second-order valence-electron chi connectivity index (χ2n) is 6.19. The highest BCUT2D eigenvalue weighted by atomic mass is 16.2. The number of hydrogen-bond donors (Lipinski definition) is 0. The van der Waals surface area contributed by atoms with E-state index in [0.717, 1.165) is 11.1 Å². The van der Waals surface area contributed by atoms with Crippen LogP contribution in [0.2, 0.25) is 0 Å². The lowest BCUT2D eigenvalue weighted by atomic mass is 9.84. The fraction of sp³-hybridized carbons (Fsp3) is 0.0833. The lowest BCUT2D eigenvalue weighted by Gasteiger charge is -2.17. The Kier molecular flexibility index (Phi) is 5.55. The van der Waals surface area contributed by atoms with E-state index in [2.05, 4.69) is 6.58 Å². The summed E-state index contributed by atoms with van der Waals surface area (Å²) in [5.74, 6) is -1.12. The van der Waals surface area contributed by atoms with Crippen molar-refractivity contribution in [2.45, 2.75) is 6.42 Å². The Bertz CT molecular complexity index is 845. The second kappa shape index (κ2) is 8.21. The van der Waals surface area contributed by atoms with Gasteiger partial charge in [0.05, 0.1) is 5.92 Å².